The van der Waals surface area contributed by atoms with Crippen LogP contribution in [0.25, 0.3) is 0 Å². The lowest BCUT2D eigenvalue weighted by atomic mass is 9.97. The molecule has 10 heteroatoms. The molecule has 1 aliphatic carbocycles. The average molecular weight is 339 g/mol. The molecule has 1 aliphatic heterocycles. The van der Waals surface area contributed by atoms with E-state index >= 15 is 0 Å². The van der Waals surface area contributed by atoms with E-state index in [9.17, 15) is 26.7 Å². The Labute approximate surface area is 125 Å². The van der Waals surface area contributed by atoms with Gasteiger partial charge in [-0.1, -0.05) is 12.8 Å². The van der Waals surface area contributed by atoms with Crippen molar-refractivity contribution in [3.63, 3.8) is 0 Å². The molecule has 1 saturated carbocycles. The molecule has 6 nitrogen and oxygen atoms in total. The molecule has 1 N–H and O–H groups in total. The predicted octanol–water partition coefficient (Wildman–Crippen LogP) is 1.30. The van der Waals surface area contributed by atoms with Gasteiger partial charge in [-0.2, -0.15) is 22.6 Å². The fourth-order valence-corrected chi connectivity index (χ4v) is 4.34. The lowest BCUT2D eigenvalue weighted by Gasteiger charge is -2.45. The van der Waals surface area contributed by atoms with Gasteiger partial charge in [0.25, 0.3) is 0 Å². The Bertz CT molecular complexity index is 659. The molecule has 2 aliphatic rings. The van der Waals surface area contributed by atoms with E-state index in [2.05, 4.69) is 5.10 Å². The van der Waals surface area contributed by atoms with Crippen molar-refractivity contribution in [1.82, 2.24) is 14.1 Å². The number of nitrogens with zero attached hydrogens (tertiary/aromatic N) is 3. The molecule has 22 heavy (non-hydrogen) atoms. The van der Waals surface area contributed by atoms with Gasteiger partial charge in [0.2, 0.25) is 10.0 Å². The van der Waals surface area contributed by atoms with Crippen molar-refractivity contribution in [3.05, 3.63) is 12.4 Å². The number of alkyl halides is 3. The Morgan fingerprint density at radius 2 is 1.86 bits per heavy atom. The van der Waals surface area contributed by atoms with Gasteiger partial charge in [-0.05, 0) is 12.8 Å². The molecule has 1 saturated heterocycles. The van der Waals surface area contributed by atoms with Gasteiger partial charge in [0.05, 0.1) is 25.3 Å². The first-order chi connectivity index (χ1) is 10.1. The van der Waals surface area contributed by atoms with Crippen LogP contribution in [0, 0.1) is 0 Å². The van der Waals surface area contributed by atoms with Gasteiger partial charge < -0.3 is 5.11 Å². The van der Waals surface area contributed by atoms with E-state index in [4.69, 9.17) is 0 Å². The molecule has 0 unspecified atom stereocenters. The second-order valence-corrected chi connectivity index (χ2v) is 7.83. The standard InChI is InChI=1S/C12H16F3N3O3S/c13-12(14,15)11(19)7-17(8-11)22(20,21)10-5-16-18(6-10)9-3-1-2-4-9/h5-6,9,19H,1-4,7-8H2. The second kappa shape index (κ2) is 4.93. The number of β-amino-alcohol motifs (C(OH)–C–C–N with tert-alkyl or cyclic N) is 1. The summed E-state index contributed by atoms with van der Waals surface area (Å²) in [5.41, 5.74) is -2.96. The summed E-state index contributed by atoms with van der Waals surface area (Å²) in [7, 11) is -4.05. The topological polar surface area (TPSA) is 75.4 Å². The van der Waals surface area contributed by atoms with Crippen LogP contribution >= 0.6 is 0 Å². The maximum absolute atomic E-state index is 12.6. The van der Waals surface area contributed by atoms with E-state index in [1.807, 2.05) is 0 Å². The number of aliphatic hydroxyl groups is 1. The first kappa shape index (κ1) is 15.8. The molecule has 0 bridgehead atoms. The fraction of sp³-hybridized carbons (Fsp3) is 0.750. The summed E-state index contributed by atoms with van der Waals surface area (Å²) in [6, 6.07) is 0.146. The lowest BCUT2D eigenvalue weighted by Crippen LogP contribution is -2.70. The molecule has 0 spiro atoms. The van der Waals surface area contributed by atoms with Crippen LogP contribution in [0.1, 0.15) is 31.7 Å². The summed E-state index contributed by atoms with van der Waals surface area (Å²) in [6.45, 7) is -1.96. The number of sulfonamides is 1. The normalized spacial score (nSPS) is 23.6. The summed E-state index contributed by atoms with van der Waals surface area (Å²) >= 11 is 0. The Morgan fingerprint density at radius 3 is 2.41 bits per heavy atom. The Morgan fingerprint density at radius 1 is 1.27 bits per heavy atom. The average Bonchev–Trinajstić information content (AvgIpc) is 3.03. The van der Waals surface area contributed by atoms with Crippen molar-refractivity contribution in [2.24, 2.45) is 0 Å². The lowest BCUT2D eigenvalue weighted by molar-refractivity contribution is -0.290. The highest BCUT2D eigenvalue weighted by Crippen LogP contribution is 2.40. The Kier molecular flexibility index (Phi) is 3.53. The molecule has 0 aromatic carbocycles. The third-order valence-corrected chi connectivity index (χ3v) is 6.06. The minimum atomic E-state index is -4.84. The van der Waals surface area contributed by atoms with E-state index in [1.165, 1.54) is 6.20 Å². The monoisotopic (exact) mass is 339 g/mol. The summed E-state index contributed by atoms with van der Waals surface area (Å²) in [5.74, 6) is 0. The van der Waals surface area contributed by atoms with Crippen molar-refractivity contribution in [2.45, 2.75) is 48.4 Å². The van der Waals surface area contributed by atoms with Crippen LogP contribution in [0.3, 0.4) is 0 Å². The zero-order valence-corrected chi connectivity index (χ0v) is 12.4. The molecule has 124 valence electrons. The van der Waals surface area contributed by atoms with Gasteiger partial charge in [-0.3, -0.25) is 4.68 Å². The van der Waals surface area contributed by atoms with Crippen LogP contribution in [0.2, 0.25) is 0 Å². The van der Waals surface area contributed by atoms with Crippen molar-refractivity contribution in [2.75, 3.05) is 13.1 Å². The molecular formula is C12H16F3N3O3S. The fourth-order valence-electron chi connectivity index (χ4n) is 2.86. The van der Waals surface area contributed by atoms with Crippen LogP contribution in [-0.4, -0.2) is 52.5 Å². The van der Waals surface area contributed by atoms with Gasteiger partial charge in [0, 0.05) is 6.20 Å². The van der Waals surface area contributed by atoms with Crippen LogP contribution in [0.15, 0.2) is 17.3 Å². The number of hydrogen-bond acceptors (Lipinski definition) is 4. The molecule has 3 rings (SSSR count). The first-order valence-electron chi connectivity index (χ1n) is 6.97. The Hall–Kier alpha value is -1.13. The highest BCUT2D eigenvalue weighted by Gasteiger charge is 2.63. The van der Waals surface area contributed by atoms with Crippen molar-refractivity contribution in [3.8, 4) is 0 Å². The van der Waals surface area contributed by atoms with E-state index in [0.717, 1.165) is 31.9 Å². The summed E-state index contributed by atoms with van der Waals surface area (Å²) < 4.78 is 64.4. The molecule has 1 aromatic rings. The number of aromatic nitrogens is 2. The first-order valence-corrected chi connectivity index (χ1v) is 8.41. The van der Waals surface area contributed by atoms with Crippen molar-refractivity contribution in [1.29, 1.82) is 0 Å². The van der Waals surface area contributed by atoms with E-state index in [-0.39, 0.29) is 10.9 Å². The van der Waals surface area contributed by atoms with Crippen molar-refractivity contribution >= 4 is 10.0 Å². The molecule has 0 atom stereocenters. The summed E-state index contributed by atoms with van der Waals surface area (Å²) in [4.78, 5) is -0.136. The van der Waals surface area contributed by atoms with Crippen LogP contribution in [0.5, 0.6) is 0 Å². The minimum Gasteiger partial charge on any atom is -0.378 e. The van der Waals surface area contributed by atoms with Gasteiger partial charge in [0.1, 0.15) is 4.90 Å². The molecule has 2 fully saturated rings. The third-order valence-electron chi connectivity index (χ3n) is 4.32. The highest BCUT2D eigenvalue weighted by molar-refractivity contribution is 7.89. The maximum atomic E-state index is 12.6. The molecule has 2 heterocycles. The van der Waals surface area contributed by atoms with Gasteiger partial charge in [-0.25, -0.2) is 8.42 Å². The Balaban J connectivity index is 1.75. The van der Waals surface area contributed by atoms with Crippen LogP contribution < -0.4 is 0 Å². The predicted molar refractivity (Wildman–Crippen MR) is 69.5 cm³/mol. The van der Waals surface area contributed by atoms with Gasteiger partial charge >= 0.3 is 6.18 Å². The molecular weight excluding hydrogens is 323 g/mol. The van der Waals surface area contributed by atoms with Crippen LogP contribution in [0.4, 0.5) is 13.2 Å². The minimum absolute atomic E-state index is 0.136. The van der Waals surface area contributed by atoms with Gasteiger partial charge in [0.15, 0.2) is 5.60 Å². The third kappa shape index (κ3) is 2.42. The number of halogens is 3. The number of hydrogen-bond donors (Lipinski definition) is 1. The largest absolute Gasteiger partial charge is 0.419 e. The zero-order valence-electron chi connectivity index (χ0n) is 11.6. The second-order valence-electron chi connectivity index (χ2n) is 5.90. The molecule has 0 radical (unpaired) electrons. The van der Waals surface area contributed by atoms with Crippen molar-refractivity contribution < 1.29 is 26.7 Å². The van der Waals surface area contributed by atoms with E-state index in [0.29, 0.717) is 4.31 Å². The quantitative estimate of drug-likeness (QED) is 0.901. The zero-order chi connectivity index (χ0) is 16.2. The SMILES string of the molecule is O=S(=O)(c1cnn(C2CCCC2)c1)N1CC(O)(C(F)(F)F)C1. The van der Waals surface area contributed by atoms with E-state index in [1.54, 1.807) is 4.68 Å². The smallest absolute Gasteiger partial charge is 0.378 e. The molecule has 1 aromatic heterocycles. The summed E-state index contributed by atoms with van der Waals surface area (Å²) in [6.07, 6.45) is 1.61. The number of rotatable bonds is 3. The van der Waals surface area contributed by atoms with Gasteiger partial charge in [-0.15, -0.1) is 0 Å². The highest BCUT2D eigenvalue weighted by atomic mass is 32.2. The molecule has 0 amide bonds. The maximum Gasteiger partial charge on any atom is 0.419 e. The van der Waals surface area contributed by atoms with E-state index < -0.39 is 34.9 Å². The summed E-state index contributed by atoms with van der Waals surface area (Å²) in [5, 5.41) is 13.4. The van der Waals surface area contributed by atoms with Crippen LogP contribution in [-0.2, 0) is 10.0 Å².